The van der Waals surface area contributed by atoms with Crippen LogP contribution in [-0.4, -0.2) is 49.7 Å². The number of hydrogen-bond donors (Lipinski definition) is 0. The molecule has 0 bridgehead atoms. The maximum absolute atomic E-state index is 13.1. The van der Waals surface area contributed by atoms with Gasteiger partial charge in [-0.3, -0.25) is 4.79 Å². The number of amides is 1. The van der Waals surface area contributed by atoms with E-state index in [1.54, 1.807) is 0 Å². The molecule has 0 atom stereocenters. The predicted octanol–water partition coefficient (Wildman–Crippen LogP) is 4.11. The van der Waals surface area contributed by atoms with E-state index in [1.165, 1.54) is 24.0 Å². The van der Waals surface area contributed by atoms with Gasteiger partial charge in [0.05, 0.1) is 22.4 Å². The van der Waals surface area contributed by atoms with E-state index < -0.39 is 38.4 Å². The van der Waals surface area contributed by atoms with Crippen molar-refractivity contribution in [3.8, 4) is 0 Å². The molecule has 2 aromatic carbocycles. The van der Waals surface area contributed by atoms with Gasteiger partial charge in [-0.05, 0) is 48.4 Å². The van der Waals surface area contributed by atoms with Crippen molar-refractivity contribution >= 4 is 15.9 Å². The Morgan fingerprint density at radius 3 is 1.91 bits per heavy atom. The number of rotatable bonds is 4. The van der Waals surface area contributed by atoms with E-state index in [2.05, 4.69) is 0 Å². The van der Waals surface area contributed by atoms with Gasteiger partial charge < -0.3 is 4.90 Å². The summed E-state index contributed by atoms with van der Waals surface area (Å²) in [5.41, 5.74) is -1.37. The van der Waals surface area contributed by atoms with Gasteiger partial charge in [0.25, 0.3) is 0 Å². The zero-order valence-corrected chi connectivity index (χ0v) is 18.2. The van der Waals surface area contributed by atoms with E-state index in [1.807, 2.05) is 0 Å². The number of piperazine rings is 1. The van der Waals surface area contributed by atoms with Crippen LogP contribution < -0.4 is 0 Å². The molecule has 0 spiro atoms. The molecule has 0 unspecified atom stereocenters. The highest BCUT2D eigenvalue weighted by molar-refractivity contribution is 7.89. The van der Waals surface area contributed by atoms with Crippen LogP contribution >= 0.6 is 0 Å². The minimum absolute atomic E-state index is 0.0106. The highest BCUT2D eigenvalue weighted by atomic mass is 32.2. The number of benzene rings is 2. The van der Waals surface area contributed by atoms with Gasteiger partial charge in [0.2, 0.25) is 15.9 Å². The molecule has 12 heteroatoms. The number of hydrogen-bond acceptors (Lipinski definition) is 3. The zero-order chi connectivity index (χ0) is 24.6. The lowest BCUT2D eigenvalue weighted by Crippen LogP contribution is -2.50. The molecule has 1 saturated heterocycles. The van der Waals surface area contributed by atoms with Crippen molar-refractivity contribution in [1.29, 1.82) is 0 Å². The minimum Gasteiger partial charge on any atom is -0.340 e. The molecule has 0 saturated carbocycles. The molecule has 0 aliphatic carbocycles. The van der Waals surface area contributed by atoms with Crippen LogP contribution in [0.1, 0.15) is 22.3 Å². The maximum Gasteiger partial charge on any atom is 0.416 e. The average Bonchev–Trinajstić information content (AvgIpc) is 2.72. The number of carbonyl (C=O) groups is 1. The molecule has 1 fully saturated rings. The van der Waals surface area contributed by atoms with Crippen LogP contribution in [0.2, 0.25) is 0 Å². The molecule has 1 aliphatic rings. The first kappa shape index (κ1) is 25.0. The van der Waals surface area contributed by atoms with Crippen molar-refractivity contribution in [3.05, 3.63) is 64.7 Å². The van der Waals surface area contributed by atoms with E-state index in [9.17, 15) is 39.6 Å². The number of halogens is 6. The summed E-state index contributed by atoms with van der Waals surface area (Å²) in [7, 11) is -4.21. The number of sulfonamides is 1. The first-order valence-electron chi connectivity index (χ1n) is 9.81. The fourth-order valence-corrected chi connectivity index (χ4v) is 5.04. The topological polar surface area (TPSA) is 57.7 Å². The molecule has 0 aromatic heterocycles. The second kappa shape index (κ2) is 8.98. The SMILES string of the molecule is Cc1cc(C(F)(F)F)cc(S(=O)(=O)N2CCN(C(=O)Cc3ccc(C(F)(F)F)cc3)CC2)c1. The van der Waals surface area contributed by atoms with E-state index in [4.69, 9.17) is 0 Å². The van der Waals surface area contributed by atoms with Crippen molar-refractivity contribution in [2.24, 2.45) is 0 Å². The molecular formula is C21H20F6N2O3S. The quantitative estimate of drug-likeness (QED) is 0.602. The van der Waals surface area contributed by atoms with Crippen LogP contribution in [0, 0.1) is 6.92 Å². The van der Waals surface area contributed by atoms with Crippen LogP contribution in [-0.2, 0) is 33.6 Å². The molecule has 0 radical (unpaired) electrons. The third kappa shape index (κ3) is 5.85. The zero-order valence-electron chi connectivity index (χ0n) is 17.4. The van der Waals surface area contributed by atoms with Crippen molar-refractivity contribution < 1.29 is 39.6 Å². The summed E-state index contributed by atoms with van der Waals surface area (Å²) < 4.78 is 104. The van der Waals surface area contributed by atoms with Crippen LogP contribution in [0.15, 0.2) is 47.4 Å². The Labute approximate surface area is 186 Å². The van der Waals surface area contributed by atoms with E-state index in [-0.39, 0.29) is 44.1 Å². The number of aryl methyl sites for hydroxylation is 1. The lowest BCUT2D eigenvalue weighted by Gasteiger charge is -2.34. The molecule has 180 valence electrons. The van der Waals surface area contributed by atoms with Crippen LogP contribution in [0.3, 0.4) is 0 Å². The summed E-state index contributed by atoms with van der Waals surface area (Å²) >= 11 is 0. The lowest BCUT2D eigenvalue weighted by molar-refractivity contribution is -0.138. The number of carbonyl (C=O) groups excluding carboxylic acids is 1. The molecule has 0 N–H and O–H groups in total. The van der Waals surface area contributed by atoms with E-state index in [0.717, 1.165) is 28.6 Å². The van der Waals surface area contributed by atoms with Gasteiger partial charge in [-0.2, -0.15) is 30.6 Å². The second-order valence-electron chi connectivity index (χ2n) is 7.69. The molecule has 1 aliphatic heterocycles. The van der Waals surface area contributed by atoms with Crippen LogP contribution in [0.5, 0.6) is 0 Å². The highest BCUT2D eigenvalue weighted by Gasteiger charge is 2.35. The van der Waals surface area contributed by atoms with Crippen molar-refractivity contribution in [2.45, 2.75) is 30.6 Å². The van der Waals surface area contributed by atoms with Gasteiger partial charge in [-0.15, -0.1) is 0 Å². The minimum atomic E-state index is -4.69. The summed E-state index contributed by atoms with van der Waals surface area (Å²) in [5.74, 6) is -0.387. The summed E-state index contributed by atoms with van der Waals surface area (Å²) in [6, 6.07) is 6.78. The van der Waals surface area contributed by atoms with Gasteiger partial charge >= 0.3 is 12.4 Å². The third-order valence-electron chi connectivity index (χ3n) is 5.24. The van der Waals surface area contributed by atoms with Gasteiger partial charge in [0, 0.05) is 26.2 Å². The molecule has 2 aromatic rings. The first-order valence-corrected chi connectivity index (χ1v) is 11.2. The van der Waals surface area contributed by atoms with Gasteiger partial charge in [-0.25, -0.2) is 8.42 Å². The molecule has 1 amide bonds. The normalized spacial score (nSPS) is 16.2. The second-order valence-corrected chi connectivity index (χ2v) is 9.63. The third-order valence-corrected chi connectivity index (χ3v) is 7.12. The Bertz CT molecular complexity index is 1120. The fraction of sp³-hybridized carbons (Fsp3) is 0.381. The summed E-state index contributed by atoms with van der Waals surface area (Å²) in [6.45, 7) is 1.16. The van der Waals surface area contributed by atoms with Gasteiger partial charge in [-0.1, -0.05) is 12.1 Å². The monoisotopic (exact) mass is 494 g/mol. The van der Waals surface area contributed by atoms with Crippen LogP contribution in [0.25, 0.3) is 0 Å². The molecular weight excluding hydrogens is 474 g/mol. The summed E-state index contributed by atoms with van der Waals surface area (Å²) in [4.78, 5) is 13.4. The molecule has 33 heavy (non-hydrogen) atoms. The first-order chi connectivity index (χ1) is 15.2. The number of alkyl halides is 6. The standard InChI is InChI=1S/C21H20F6N2O3S/c1-14-10-17(21(25,26)27)13-18(11-14)33(31,32)29-8-6-28(7-9-29)19(30)12-15-2-4-16(5-3-15)20(22,23)24/h2-5,10-11,13H,6-9,12H2,1H3. The molecule has 5 nitrogen and oxygen atoms in total. The van der Waals surface area contributed by atoms with Gasteiger partial charge in [0.15, 0.2) is 0 Å². The Morgan fingerprint density at radius 1 is 0.848 bits per heavy atom. The van der Waals surface area contributed by atoms with Crippen molar-refractivity contribution in [3.63, 3.8) is 0 Å². The Hall–Kier alpha value is -2.60. The van der Waals surface area contributed by atoms with E-state index in [0.29, 0.717) is 11.6 Å². The van der Waals surface area contributed by atoms with Crippen LogP contribution in [0.4, 0.5) is 26.3 Å². The lowest BCUT2D eigenvalue weighted by atomic mass is 10.1. The summed E-state index contributed by atoms with van der Waals surface area (Å²) in [5, 5.41) is 0. The highest BCUT2D eigenvalue weighted by Crippen LogP contribution is 2.33. The molecule has 3 rings (SSSR count). The largest absolute Gasteiger partial charge is 0.416 e. The van der Waals surface area contributed by atoms with Crippen molar-refractivity contribution in [2.75, 3.05) is 26.2 Å². The fourth-order valence-electron chi connectivity index (χ4n) is 3.49. The molecule has 1 heterocycles. The number of nitrogens with zero attached hydrogens (tertiary/aromatic N) is 2. The Balaban J connectivity index is 1.65. The predicted molar refractivity (Wildman–Crippen MR) is 107 cm³/mol. The summed E-state index contributed by atoms with van der Waals surface area (Å²) in [6.07, 6.45) is -9.33. The van der Waals surface area contributed by atoms with Gasteiger partial charge in [0.1, 0.15) is 0 Å². The van der Waals surface area contributed by atoms with Crippen molar-refractivity contribution in [1.82, 2.24) is 9.21 Å². The smallest absolute Gasteiger partial charge is 0.340 e. The van der Waals surface area contributed by atoms with E-state index >= 15 is 0 Å². The maximum atomic E-state index is 13.1. The Morgan fingerprint density at radius 2 is 1.39 bits per heavy atom. The average molecular weight is 494 g/mol. The Kier molecular flexibility index (Phi) is 6.81.